The van der Waals surface area contributed by atoms with Crippen LogP contribution in [-0.4, -0.2) is 47.0 Å². The van der Waals surface area contributed by atoms with Crippen molar-refractivity contribution in [3.8, 4) is 5.75 Å². The number of rotatable bonds is 12. The van der Waals surface area contributed by atoms with E-state index in [4.69, 9.17) is 9.47 Å². The summed E-state index contributed by atoms with van der Waals surface area (Å²) in [6.45, 7) is 3.52. The van der Waals surface area contributed by atoms with Gasteiger partial charge in [0.15, 0.2) is 0 Å². The van der Waals surface area contributed by atoms with E-state index in [0.717, 1.165) is 12.7 Å². The molecule has 0 aliphatic rings. The van der Waals surface area contributed by atoms with Crippen LogP contribution in [0.3, 0.4) is 0 Å². The van der Waals surface area contributed by atoms with E-state index in [-0.39, 0.29) is 12.5 Å². The fourth-order valence-corrected chi connectivity index (χ4v) is 2.15. The molecule has 0 unspecified atom stereocenters. The third kappa shape index (κ3) is 10.2. The zero-order chi connectivity index (χ0) is 17.8. The molecule has 1 rings (SSSR count). The number of hydrogen-bond donors (Lipinski definition) is 1. The Morgan fingerprint density at radius 1 is 1.08 bits per heavy atom. The van der Waals surface area contributed by atoms with Crippen LogP contribution in [0.15, 0.2) is 24.3 Å². The average Bonchev–Trinajstić information content (AvgIpc) is 2.52. The lowest BCUT2D eigenvalue weighted by Gasteiger charge is -2.08. The number of amides is 1. The first kappa shape index (κ1) is 20.4. The fraction of sp³-hybridized carbons (Fsp3) is 0.562. The molecular formula is C16H25NO6S. The molecule has 7 nitrogen and oxygen atoms in total. The van der Waals surface area contributed by atoms with E-state index in [1.165, 1.54) is 0 Å². The van der Waals surface area contributed by atoms with Gasteiger partial charge >= 0.3 is 0 Å². The van der Waals surface area contributed by atoms with Crippen LogP contribution in [0.2, 0.25) is 0 Å². The van der Waals surface area contributed by atoms with Gasteiger partial charge in [-0.1, -0.05) is 6.92 Å². The number of hydrogen-bond acceptors (Lipinski definition) is 6. The maximum Gasteiger partial charge on any atom is 0.264 e. The molecule has 0 aromatic heterocycles. The zero-order valence-corrected chi connectivity index (χ0v) is 14.9. The highest BCUT2D eigenvalue weighted by Crippen LogP contribution is 2.16. The molecule has 1 aromatic carbocycles. The Balaban J connectivity index is 2.24. The van der Waals surface area contributed by atoms with Crippen molar-refractivity contribution in [2.45, 2.75) is 26.2 Å². The molecule has 24 heavy (non-hydrogen) atoms. The van der Waals surface area contributed by atoms with Gasteiger partial charge in [-0.2, -0.15) is 8.42 Å². The summed E-state index contributed by atoms with van der Waals surface area (Å²) in [6.07, 6.45) is 2.72. The molecule has 1 amide bonds. The van der Waals surface area contributed by atoms with Crippen LogP contribution in [0, 0.1) is 0 Å². The van der Waals surface area contributed by atoms with Gasteiger partial charge in [0.05, 0.1) is 32.5 Å². The van der Waals surface area contributed by atoms with E-state index < -0.39 is 10.1 Å². The molecule has 0 saturated carbocycles. The molecule has 136 valence electrons. The van der Waals surface area contributed by atoms with Crippen LogP contribution in [-0.2, 0) is 23.8 Å². The van der Waals surface area contributed by atoms with Crippen molar-refractivity contribution in [2.24, 2.45) is 0 Å². The number of carbonyl (C=O) groups excluding carboxylic acids is 1. The second-order valence-corrected chi connectivity index (χ2v) is 6.81. The molecule has 0 fully saturated rings. The van der Waals surface area contributed by atoms with Crippen LogP contribution in [0.1, 0.15) is 26.2 Å². The number of carbonyl (C=O) groups is 1. The van der Waals surface area contributed by atoms with Crippen LogP contribution >= 0.6 is 0 Å². The van der Waals surface area contributed by atoms with Crippen molar-refractivity contribution in [1.82, 2.24) is 0 Å². The molecule has 0 heterocycles. The standard InChI is InChI=1S/C16H25NO6S/c1-3-10-21-13-9-16(18)17-14-5-7-15(8-6-14)22-11-4-12-23-24(2,19)20/h5-8H,3-4,9-13H2,1-2H3,(H,17,18). The summed E-state index contributed by atoms with van der Waals surface area (Å²) in [7, 11) is -3.40. The first-order valence-corrected chi connectivity index (χ1v) is 9.67. The third-order valence-electron chi connectivity index (χ3n) is 2.81. The molecule has 0 saturated heterocycles. The summed E-state index contributed by atoms with van der Waals surface area (Å²) in [5.74, 6) is 0.538. The Bertz CT molecular complexity index is 585. The first-order valence-electron chi connectivity index (χ1n) is 7.85. The van der Waals surface area contributed by atoms with Crippen LogP contribution in [0.25, 0.3) is 0 Å². The van der Waals surface area contributed by atoms with E-state index in [0.29, 0.717) is 44.1 Å². The highest BCUT2D eigenvalue weighted by atomic mass is 32.2. The molecule has 0 radical (unpaired) electrons. The fourth-order valence-electron chi connectivity index (χ4n) is 1.73. The average molecular weight is 359 g/mol. The Hall–Kier alpha value is -1.64. The summed E-state index contributed by atoms with van der Waals surface area (Å²) in [4.78, 5) is 11.7. The predicted molar refractivity (Wildman–Crippen MR) is 91.7 cm³/mol. The van der Waals surface area contributed by atoms with Gasteiger partial charge in [-0.25, -0.2) is 0 Å². The van der Waals surface area contributed by atoms with E-state index in [1.807, 2.05) is 6.92 Å². The number of ether oxygens (including phenoxy) is 2. The van der Waals surface area contributed by atoms with Gasteiger partial charge in [0.2, 0.25) is 5.91 Å². The maximum atomic E-state index is 11.7. The van der Waals surface area contributed by atoms with E-state index >= 15 is 0 Å². The largest absolute Gasteiger partial charge is 0.494 e. The Kier molecular flexibility index (Phi) is 9.36. The molecule has 0 aliphatic heterocycles. The van der Waals surface area contributed by atoms with Gasteiger partial charge in [0.25, 0.3) is 10.1 Å². The van der Waals surface area contributed by atoms with Crippen LogP contribution in [0.5, 0.6) is 5.75 Å². The minimum Gasteiger partial charge on any atom is -0.494 e. The van der Waals surface area contributed by atoms with Crippen molar-refractivity contribution >= 4 is 21.7 Å². The van der Waals surface area contributed by atoms with Crippen molar-refractivity contribution in [1.29, 1.82) is 0 Å². The Labute approximate surface area is 143 Å². The number of benzene rings is 1. The normalized spacial score (nSPS) is 11.2. The lowest BCUT2D eigenvalue weighted by atomic mass is 10.3. The Morgan fingerprint density at radius 2 is 1.79 bits per heavy atom. The van der Waals surface area contributed by atoms with Crippen LogP contribution in [0.4, 0.5) is 5.69 Å². The lowest BCUT2D eigenvalue weighted by molar-refractivity contribution is -0.117. The molecular weight excluding hydrogens is 334 g/mol. The minimum absolute atomic E-state index is 0.0904. The van der Waals surface area contributed by atoms with Crippen molar-refractivity contribution in [3.63, 3.8) is 0 Å². The zero-order valence-electron chi connectivity index (χ0n) is 14.1. The summed E-state index contributed by atoms with van der Waals surface area (Å²) in [6, 6.07) is 6.96. The molecule has 0 aliphatic carbocycles. The Morgan fingerprint density at radius 3 is 2.42 bits per heavy atom. The molecule has 8 heteroatoms. The highest BCUT2D eigenvalue weighted by molar-refractivity contribution is 7.85. The van der Waals surface area contributed by atoms with Gasteiger partial charge in [-0.3, -0.25) is 8.98 Å². The summed E-state index contributed by atoms with van der Waals surface area (Å²) in [5.41, 5.74) is 0.684. The van der Waals surface area contributed by atoms with E-state index in [1.54, 1.807) is 24.3 Å². The second-order valence-electron chi connectivity index (χ2n) is 5.16. The van der Waals surface area contributed by atoms with Gasteiger partial charge in [-0.15, -0.1) is 0 Å². The minimum atomic E-state index is -3.40. The predicted octanol–water partition coefficient (Wildman–Crippen LogP) is 2.19. The quantitative estimate of drug-likeness (QED) is 0.454. The highest BCUT2D eigenvalue weighted by Gasteiger charge is 2.03. The summed E-state index contributed by atoms with van der Waals surface area (Å²) < 4.78 is 36.9. The maximum absolute atomic E-state index is 11.7. The third-order valence-corrected chi connectivity index (χ3v) is 3.41. The second kappa shape index (κ2) is 11.0. The van der Waals surface area contributed by atoms with Gasteiger partial charge < -0.3 is 14.8 Å². The van der Waals surface area contributed by atoms with Gasteiger partial charge in [-0.05, 0) is 30.7 Å². The monoisotopic (exact) mass is 359 g/mol. The van der Waals surface area contributed by atoms with Crippen molar-refractivity contribution in [3.05, 3.63) is 24.3 Å². The summed E-state index contributed by atoms with van der Waals surface area (Å²) in [5, 5.41) is 2.78. The lowest BCUT2D eigenvalue weighted by Crippen LogP contribution is -2.14. The molecule has 0 atom stereocenters. The SMILES string of the molecule is CCCOCCC(=O)Nc1ccc(OCCCOS(C)(=O)=O)cc1. The van der Waals surface area contributed by atoms with Crippen LogP contribution < -0.4 is 10.1 Å². The smallest absolute Gasteiger partial charge is 0.264 e. The molecule has 0 spiro atoms. The molecule has 0 bridgehead atoms. The number of anilines is 1. The summed E-state index contributed by atoms with van der Waals surface area (Å²) >= 11 is 0. The van der Waals surface area contributed by atoms with E-state index in [9.17, 15) is 13.2 Å². The molecule has 1 N–H and O–H groups in total. The number of nitrogens with one attached hydrogen (secondary N) is 1. The van der Waals surface area contributed by atoms with Crippen molar-refractivity contribution in [2.75, 3.05) is 38.0 Å². The first-order chi connectivity index (χ1) is 11.4. The topological polar surface area (TPSA) is 90.9 Å². The van der Waals surface area contributed by atoms with Crippen molar-refractivity contribution < 1.29 is 26.9 Å². The van der Waals surface area contributed by atoms with Gasteiger partial charge in [0.1, 0.15) is 5.75 Å². The molecule has 1 aromatic rings. The van der Waals surface area contributed by atoms with Gasteiger partial charge in [0, 0.05) is 18.7 Å². The van der Waals surface area contributed by atoms with E-state index in [2.05, 4.69) is 9.50 Å².